The summed E-state index contributed by atoms with van der Waals surface area (Å²) >= 11 is 0. The van der Waals surface area contributed by atoms with E-state index >= 15 is 0 Å². The Bertz CT molecular complexity index is 742. The summed E-state index contributed by atoms with van der Waals surface area (Å²) in [6.45, 7) is 2.08. The van der Waals surface area contributed by atoms with Crippen molar-refractivity contribution in [1.82, 2.24) is 10.2 Å². The van der Waals surface area contributed by atoms with Crippen LogP contribution in [0.15, 0.2) is 18.2 Å². The number of nitrogens with zero attached hydrogens (tertiary/aromatic N) is 2. The van der Waals surface area contributed by atoms with Gasteiger partial charge in [0.15, 0.2) is 0 Å². The lowest BCUT2D eigenvalue weighted by atomic mass is 9.97. The Morgan fingerprint density at radius 1 is 1.15 bits per heavy atom. The number of hydrogen-bond acceptors (Lipinski definition) is 5. The Morgan fingerprint density at radius 2 is 1.92 bits per heavy atom. The fourth-order valence-corrected chi connectivity index (χ4v) is 4.17. The van der Waals surface area contributed by atoms with Crippen LogP contribution in [-0.2, 0) is 16.1 Å². The second-order valence-corrected chi connectivity index (χ2v) is 7.35. The first-order valence-corrected chi connectivity index (χ1v) is 9.18. The lowest BCUT2D eigenvalue weighted by Crippen LogP contribution is -2.55. The molecule has 1 aromatic rings. The van der Waals surface area contributed by atoms with Crippen molar-refractivity contribution in [3.05, 3.63) is 29.3 Å². The summed E-state index contributed by atoms with van der Waals surface area (Å²) in [5, 5.41) is 12.7. The molecule has 3 aliphatic heterocycles. The molecule has 2 unspecified atom stereocenters. The van der Waals surface area contributed by atoms with E-state index in [4.69, 9.17) is 0 Å². The minimum Gasteiger partial charge on any atom is -0.372 e. The standard InChI is InChI=1S/C19H23N3O4/c23-11-12-5-7-21(8-6-12)14-2-1-13-10-22(19(26)15(13)9-14)16-3-4-17(24)20-18(16)25/h1-2,9,11-12,16,18,25H,3-8,10H2,(H,20,24). The van der Waals surface area contributed by atoms with Crippen molar-refractivity contribution in [1.29, 1.82) is 0 Å². The molecule has 7 nitrogen and oxygen atoms in total. The van der Waals surface area contributed by atoms with Crippen LogP contribution in [0.2, 0.25) is 0 Å². The maximum Gasteiger partial charge on any atom is 0.254 e. The number of aliphatic hydroxyl groups is 1. The molecule has 138 valence electrons. The molecule has 2 N–H and O–H groups in total. The second-order valence-electron chi connectivity index (χ2n) is 7.35. The van der Waals surface area contributed by atoms with E-state index < -0.39 is 6.23 Å². The highest BCUT2D eigenvalue weighted by Crippen LogP contribution is 2.32. The highest BCUT2D eigenvalue weighted by atomic mass is 16.3. The van der Waals surface area contributed by atoms with Crippen LogP contribution in [0.3, 0.4) is 0 Å². The molecule has 2 fully saturated rings. The molecule has 2 saturated heterocycles. The van der Waals surface area contributed by atoms with Gasteiger partial charge in [-0.2, -0.15) is 0 Å². The van der Waals surface area contributed by atoms with Crippen molar-refractivity contribution < 1.29 is 19.5 Å². The van der Waals surface area contributed by atoms with Crippen molar-refractivity contribution in [3.8, 4) is 0 Å². The maximum absolute atomic E-state index is 12.9. The van der Waals surface area contributed by atoms with Gasteiger partial charge >= 0.3 is 0 Å². The molecule has 2 atom stereocenters. The third-order valence-corrected chi connectivity index (χ3v) is 5.76. The third-order valence-electron chi connectivity index (χ3n) is 5.76. The lowest BCUT2D eigenvalue weighted by molar-refractivity contribution is -0.129. The van der Waals surface area contributed by atoms with E-state index in [9.17, 15) is 19.5 Å². The van der Waals surface area contributed by atoms with Crippen molar-refractivity contribution in [2.75, 3.05) is 18.0 Å². The number of benzene rings is 1. The Labute approximate surface area is 152 Å². The predicted octanol–water partition coefficient (Wildman–Crippen LogP) is 0.655. The molecule has 0 aromatic heterocycles. The molecular formula is C19H23N3O4. The average molecular weight is 357 g/mol. The fourth-order valence-electron chi connectivity index (χ4n) is 4.17. The van der Waals surface area contributed by atoms with E-state index in [1.165, 1.54) is 0 Å². The average Bonchev–Trinajstić information content (AvgIpc) is 2.98. The van der Waals surface area contributed by atoms with Gasteiger partial charge in [0.1, 0.15) is 12.5 Å². The van der Waals surface area contributed by atoms with Gasteiger partial charge in [-0.1, -0.05) is 6.07 Å². The maximum atomic E-state index is 12.9. The first-order valence-electron chi connectivity index (χ1n) is 9.18. The minimum atomic E-state index is -1.02. The molecule has 0 radical (unpaired) electrons. The topological polar surface area (TPSA) is 90.0 Å². The first kappa shape index (κ1) is 17.0. The highest BCUT2D eigenvalue weighted by molar-refractivity contribution is 5.99. The number of anilines is 1. The van der Waals surface area contributed by atoms with Crippen LogP contribution in [0.4, 0.5) is 5.69 Å². The number of rotatable bonds is 3. The van der Waals surface area contributed by atoms with Crippen molar-refractivity contribution in [3.63, 3.8) is 0 Å². The van der Waals surface area contributed by atoms with Gasteiger partial charge in [0.05, 0.1) is 6.04 Å². The Hall–Kier alpha value is -2.41. The molecule has 3 aliphatic rings. The summed E-state index contributed by atoms with van der Waals surface area (Å²) in [4.78, 5) is 39.1. The van der Waals surface area contributed by atoms with E-state index in [2.05, 4.69) is 10.2 Å². The summed E-state index contributed by atoms with van der Waals surface area (Å²) in [7, 11) is 0. The van der Waals surface area contributed by atoms with Crippen molar-refractivity contribution in [2.24, 2.45) is 5.92 Å². The van der Waals surface area contributed by atoms with Gasteiger partial charge < -0.3 is 25.0 Å². The smallest absolute Gasteiger partial charge is 0.254 e. The van der Waals surface area contributed by atoms with E-state index in [0.717, 1.165) is 43.5 Å². The Balaban J connectivity index is 1.50. The van der Waals surface area contributed by atoms with Crippen LogP contribution in [0.1, 0.15) is 41.6 Å². The van der Waals surface area contributed by atoms with Crippen LogP contribution in [0.25, 0.3) is 0 Å². The van der Waals surface area contributed by atoms with Crippen LogP contribution in [0.5, 0.6) is 0 Å². The summed E-state index contributed by atoms with van der Waals surface area (Å²) in [6.07, 6.45) is 2.49. The number of nitrogens with one attached hydrogen (secondary N) is 1. The largest absolute Gasteiger partial charge is 0.372 e. The van der Waals surface area contributed by atoms with Gasteiger partial charge in [-0.25, -0.2) is 0 Å². The SMILES string of the molecule is O=CC1CCN(c2ccc3c(c2)C(=O)N(C2CCC(=O)NC2O)C3)CC1. The van der Waals surface area contributed by atoms with E-state index in [1.54, 1.807) is 4.90 Å². The molecule has 1 aromatic carbocycles. The highest BCUT2D eigenvalue weighted by Gasteiger charge is 2.39. The number of piperidine rings is 2. The summed E-state index contributed by atoms with van der Waals surface area (Å²) in [6, 6.07) is 5.53. The van der Waals surface area contributed by atoms with E-state index in [0.29, 0.717) is 24.9 Å². The number of carbonyl (C=O) groups excluding carboxylic acids is 3. The number of carbonyl (C=O) groups is 3. The lowest BCUT2D eigenvalue weighted by Gasteiger charge is -2.35. The quantitative estimate of drug-likeness (QED) is 0.776. The number of aliphatic hydroxyl groups excluding tert-OH is 1. The zero-order valence-electron chi connectivity index (χ0n) is 14.6. The molecule has 2 amide bonds. The van der Waals surface area contributed by atoms with Crippen molar-refractivity contribution in [2.45, 2.75) is 44.5 Å². The summed E-state index contributed by atoms with van der Waals surface area (Å²) in [5.74, 6) is -0.135. The van der Waals surface area contributed by atoms with E-state index in [1.807, 2.05) is 18.2 Å². The van der Waals surface area contributed by atoms with Gasteiger partial charge in [0.25, 0.3) is 5.91 Å². The molecule has 0 saturated carbocycles. The molecular weight excluding hydrogens is 334 g/mol. The van der Waals surface area contributed by atoms with Gasteiger partial charge in [0.2, 0.25) is 5.91 Å². The van der Waals surface area contributed by atoms with Gasteiger partial charge in [0, 0.05) is 43.2 Å². The summed E-state index contributed by atoms with van der Waals surface area (Å²) in [5.41, 5.74) is 2.62. The zero-order valence-corrected chi connectivity index (χ0v) is 14.6. The van der Waals surface area contributed by atoms with E-state index in [-0.39, 0.29) is 23.8 Å². The van der Waals surface area contributed by atoms with Gasteiger partial charge in [-0.05, 0) is 37.0 Å². The van der Waals surface area contributed by atoms with Crippen molar-refractivity contribution >= 4 is 23.8 Å². The van der Waals surface area contributed by atoms with Crippen LogP contribution < -0.4 is 10.2 Å². The normalized spacial score (nSPS) is 26.7. The van der Waals surface area contributed by atoms with Gasteiger partial charge in [-0.3, -0.25) is 9.59 Å². The second kappa shape index (κ2) is 6.72. The number of amides is 2. The molecule has 0 bridgehead atoms. The number of hydrogen-bond donors (Lipinski definition) is 2. The van der Waals surface area contributed by atoms with Crippen LogP contribution in [-0.4, -0.2) is 53.5 Å². The molecule has 3 heterocycles. The van der Waals surface area contributed by atoms with Crippen LogP contribution >= 0.6 is 0 Å². The molecule has 7 heteroatoms. The van der Waals surface area contributed by atoms with Crippen LogP contribution in [0, 0.1) is 5.92 Å². The monoisotopic (exact) mass is 357 g/mol. The third kappa shape index (κ3) is 2.96. The fraction of sp³-hybridized carbons (Fsp3) is 0.526. The Kier molecular flexibility index (Phi) is 4.40. The molecule has 4 rings (SSSR count). The minimum absolute atomic E-state index is 0.0928. The zero-order chi connectivity index (χ0) is 18.3. The molecule has 0 aliphatic carbocycles. The number of fused-ring (bicyclic) bond motifs is 1. The molecule has 26 heavy (non-hydrogen) atoms. The predicted molar refractivity (Wildman–Crippen MR) is 94.5 cm³/mol. The first-order chi connectivity index (χ1) is 12.6. The molecule has 0 spiro atoms. The number of aldehydes is 1. The summed E-state index contributed by atoms with van der Waals surface area (Å²) < 4.78 is 0. The van der Waals surface area contributed by atoms with Gasteiger partial charge in [-0.15, -0.1) is 0 Å². The Morgan fingerprint density at radius 3 is 2.62 bits per heavy atom.